The Balaban J connectivity index is 2.17. The van der Waals surface area contributed by atoms with Crippen molar-refractivity contribution >= 4 is 17.7 Å². The van der Waals surface area contributed by atoms with Gasteiger partial charge >= 0.3 is 0 Å². The van der Waals surface area contributed by atoms with E-state index in [2.05, 4.69) is 24.5 Å². The van der Waals surface area contributed by atoms with Gasteiger partial charge in [0.05, 0.1) is 18.7 Å². The van der Waals surface area contributed by atoms with Crippen molar-refractivity contribution in [3.05, 3.63) is 47.5 Å². The largest absolute Gasteiger partial charge is 0.367 e. The van der Waals surface area contributed by atoms with Crippen molar-refractivity contribution in [3.8, 4) is 0 Å². The molecule has 1 aromatic carbocycles. The Bertz CT molecular complexity index is 1040. The fourth-order valence-corrected chi connectivity index (χ4v) is 5.53. The second-order valence-corrected chi connectivity index (χ2v) is 13.4. The first-order valence-corrected chi connectivity index (χ1v) is 14.9. The van der Waals surface area contributed by atoms with Crippen LogP contribution in [-0.4, -0.2) is 86.0 Å². The van der Waals surface area contributed by atoms with E-state index < -0.39 is 22.9 Å². The van der Waals surface area contributed by atoms with E-state index in [0.717, 1.165) is 37.1 Å². The second kappa shape index (κ2) is 15.0. The molecule has 0 radical (unpaired) electrons. The molecule has 1 aromatic rings. The van der Waals surface area contributed by atoms with Crippen LogP contribution in [0.15, 0.2) is 42.0 Å². The molecule has 1 fully saturated rings. The van der Waals surface area contributed by atoms with Crippen molar-refractivity contribution in [2.24, 2.45) is 11.3 Å². The van der Waals surface area contributed by atoms with E-state index in [-0.39, 0.29) is 36.3 Å². The Morgan fingerprint density at radius 2 is 1.59 bits per heavy atom. The number of carbonyl (C=O) groups is 3. The summed E-state index contributed by atoms with van der Waals surface area (Å²) < 4.78 is 5.72. The zero-order valence-corrected chi connectivity index (χ0v) is 27.0. The SMILES string of the molecule is CNC(C(=O)NC(C(=O)N(C)[C@H](/C=C(\C)COCC(=O)N1CCCC1)C(C)C)C(C)(C)C)C(C)(C)c1ccccc1. The van der Waals surface area contributed by atoms with Gasteiger partial charge in [0.15, 0.2) is 0 Å². The van der Waals surface area contributed by atoms with E-state index in [1.165, 1.54) is 0 Å². The molecule has 1 heterocycles. The standard InChI is InChI=1S/C33H54N4O4/c1-23(2)26(20-24(3)21-41-22-27(38)37-18-14-15-19-37)36(10)31(40)29(32(4,5)6)35-30(39)28(34-9)33(7,8)25-16-12-11-13-17-25/h11-13,16-17,20,23,26,28-29,34H,14-15,18-19,21-22H2,1-10H3,(H,35,39)/b24-20+/t26-,28?,29?/m1/s1. The van der Waals surface area contributed by atoms with Gasteiger partial charge in [0, 0.05) is 25.6 Å². The maximum absolute atomic E-state index is 14.0. The predicted octanol–water partition coefficient (Wildman–Crippen LogP) is 4.15. The third kappa shape index (κ3) is 9.40. The van der Waals surface area contributed by atoms with Gasteiger partial charge in [0.1, 0.15) is 12.6 Å². The minimum atomic E-state index is -0.730. The van der Waals surface area contributed by atoms with Gasteiger partial charge in [-0.25, -0.2) is 0 Å². The number of ether oxygens (including phenoxy) is 1. The first kappa shape index (κ1) is 34.5. The molecule has 0 bridgehead atoms. The highest BCUT2D eigenvalue weighted by atomic mass is 16.5. The number of hydrogen-bond acceptors (Lipinski definition) is 5. The van der Waals surface area contributed by atoms with Crippen LogP contribution in [0, 0.1) is 11.3 Å². The van der Waals surface area contributed by atoms with Gasteiger partial charge in [0.2, 0.25) is 17.7 Å². The molecule has 2 unspecified atom stereocenters. The minimum absolute atomic E-state index is 0.0297. The Morgan fingerprint density at radius 1 is 1.00 bits per heavy atom. The lowest BCUT2D eigenvalue weighted by Crippen LogP contribution is -2.61. The van der Waals surface area contributed by atoms with Crippen LogP contribution in [-0.2, 0) is 24.5 Å². The highest BCUT2D eigenvalue weighted by Gasteiger charge is 2.41. The van der Waals surface area contributed by atoms with E-state index in [0.29, 0.717) is 6.61 Å². The topological polar surface area (TPSA) is 91.0 Å². The van der Waals surface area contributed by atoms with Crippen LogP contribution >= 0.6 is 0 Å². The van der Waals surface area contributed by atoms with Crippen LogP contribution in [0.1, 0.15) is 73.8 Å². The average molecular weight is 571 g/mol. The number of rotatable bonds is 13. The second-order valence-electron chi connectivity index (χ2n) is 13.4. The van der Waals surface area contributed by atoms with E-state index in [1.54, 1.807) is 19.0 Å². The summed E-state index contributed by atoms with van der Waals surface area (Å²) >= 11 is 0. The lowest BCUT2D eigenvalue weighted by molar-refractivity contribution is -0.140. The maximum atomic E-state index is 14.0. The average Bonchev–Trinajstić information content (AvgIpc) is 3.45. The summed E-state index contributed by atoms with van der Waals surface area (Å²) in [4.78, 5) is 43.6. The molecule has 2 N–H and O–H groups in total. The molecule has 1 aliphatic heterocycles. The first-order chi connectivity index (χ1) is 19.1. The quantitative estimate of drug-likeness (QED) is 0.348. The molecule has 1 aliphatic rings. The third-order valence-electron chi connectivity index (χ3n) is 8.14. The molecule has 1 saturated heterocycles. The molecule has 2 rings (SSSR count). The molecule has 8 heteroatoms. The van der Waals surface area contributed by atoms with Crippen LogP contribution in [0.2, 0.25) is 0 Å². The highest BCUT2D eigenvalue weighted by molar-refractivity contribution is 5.91. The zero-order chi connectivity index (χ0) is 31.0. The number of hydrogen-bond donors (Lipinski definition) is 2. The van der Waals surface area contributed by atoms with Gasteiger partial charge in [-0.2, -0.15) is 0 Å². The smallest absolute Gasteiger partial charge is 0.248 e. The molecule has 41 heavy (non-hydrogen) atoms. The monoisotopic (exact) mass is 570 g/mol. The van der Waals surface area contributed by atoms with Gasteiger partial charge in [-0.3, -0.25) is 14.4 Å². The number of amides is 3. The van der Waals surface area contributed by atoms with Crippen molar-refractivity contribution in [3.63, 3.8) is 0 Å². The summed E-state index contributed by atoms with van der Waals surface area (Å²) in [5.74, 6) is -0.205. The summed E-state index contributed by atoms with van der Waals surface area (Å²) in [6.07, 6.45) is 4.15. The van der Waals surface area contributed by atoms with Crippen LogP contribution in [0.4, 0.5) is 0 Å². The zero-order valence-electron chi connectivity index (χ0n) is 27.0. The predicted molar refractivity (Wildman–Crippen MR) is 165 cm³/mol. The molecule has 0 aliphatic carbocycles. The lowest BCUT2D eigenvalue weighted by Gasteiger charge is -2.40. The molecule has 3 atom stereocenters. The van der Waals surface area contributed by atoms with Crippen molar-refractivity contribution in [1.29, 1.82) is 0 Å². The van der Waals surface area contributed by atoms with Crippen molar-refractivity contribution in [2.45, 2.75) is 91.8 Å². The van der Waals surface area contributed by atoms with Crippen molar-refractivity contribution < 1.29 is 19.1 Å². The molecule has 3 amide bonds. The van der Waals surface area contributed by atoms with Crippen molar-refractivity contribution in [2.75, 3.05) is 40.4 Å². The fourth-order valence-electron chi connectivity index (χ4n) is 5.53. The minimum Gasteiger partial charge on any atom is -0.367 e. The van der Waals surface area contributed by atoms with Gasteiger partial charge in [0.25, 0.3) is 0 Å². The Labute approximate surface area is 248 Å². The van der Waals surface area contributed by atoms with E-state index in [4.69, 9.17) is 4.74 Å². The third-order valence-corrected chi connectivity index (χ3v) is 8.14. The number of likely N-dealkylation sites (N-methyl/N-ethyl adjacent to an activating group) is 2. The molecule has 230 valence electrons. The molecule has 0 spiro atoms. The summed E-state index contributed by atoms with van der Waals surface area (Å²) in [6.45, 7) is 18.1. The van der Waals surface area contributed by atoms with Crippen molar-refractivity contribution in [1.82, 2.24) is 20.4 Å². The summed E-state index contributed by atoms with van der Waals surface area (Å²) in [7, 11) is 3.57. The summed E-state index contributed by atoms with van der Waals surface area (Å²) in [5, 5.41) is 6.30. The molecular formula is C33H54N4O4. The fraction of sp³-hybridized carbons (Fsp3) is 0.667. The molecule has 0 saturated carbocycles. The number of nitrogens with zero attached hydrogens (tertiary/aromatic N) is 2. The molecular weight excluding hydrogens is 516 g/mol. The molecule has 0 aromatic heterocycles. The normalized spacial score (nSPS) is 16.9. The van der Waals surface area contributed by atoms with E-state index in [9.17, 15) is 14.4 Å². The molecule has 8 nitrogen and oxygen atoms in total. The summed E-state index contributed by atoms with van der Waals surface area (Å²) in [5.41, 5.74) is 0.965. The first-order valence-electron chi connectivity index (χ1n) is 14.9. The Morgan fingerprint density at radius 3 is 2.10 bits per heavy atom. The summed E-state index contributed by atoms with van der Waals surface area (Å²) in [6, 6.07) is 8.45. The Hall–Kier alpha value is -2.71. The van der Waals surface area contributed by atoms with Gasteiger partial charge in [-0.15, -0.1) is 0 Å². The number of likely N-dealkylation sites (tertiary alicyclic amines) is 1. The lowest BCUT2D eigenvalue weighted by atomic mass is 9.76. The van der Waals surface area contributed by atoms with Crippen LogP contribution in [0.3, 0.4) is 0 Å². The highest BCUT2D eigenvalue weighted by Crippen LogP contribution is 2.29. The van der Waals surface area contributed by atoms with E-state index >= 15 is 0 Å². The number of benzene rings is 1. The van der Waals surface area contributed by atoms with Crippen LogP contribution < -0.4 is 10.6 Å². The van der Waals surface area contributed by atoms with Gasteiger partial charge in [-0.1, -0.05) is 84.9 Å². The Kier molecular flexibility index (Phi) is 12.6. The number of carbonyl (C=O) groups excluding carboxylic acids is 3. The van der Waals surface area contributed by atoms with Gasteiger partial charge < -0.3 is 25.2 Å². The number of nitrogens with one attached hydrogen (secondary N) is 2. The van der Waals surface area contributed by atoms with Crippen LogP contribution in [0.5, 0.6) is 0 Å². The van der Waals surface area contributed by atoms with E-state index in [1.807, 2.05) is 82.9 Å². The van der Waals surface area contributed by atoms with Gasteiger partial charge in [-0.05, 0) is 49.3 Å². The van der Waals surface area contributed by atoms with Crippen LogP contribution in [0.25, 0.3) is 0 Å². The maximum Gasteiger partial charge on any atom is 0.248 e.